The standard InChI is InChI=1S/Cr.Mn.Mo.H4Si.V/h;;;1H4;. The molecular formula is H4CrMnMoSiV. The second-order valence-electron chi connectivity index (χ2n) is 0. The minimum atomic E-state index is 0. The Bertz CT molecular complexity index is 11.6. The molecule has 2 radical (unpaired) electrons. The monoisotopic (exact) mass is 288 g/mol. The van der Waals surface area contributed by atoms with Crippen LogP contribution in [0.1, 0.15) is 0 Å². The molecule has 0 saturated carbocycles. The zero-order valence-corrected chi connectivity index (χ0v) is 7.50. The first-order valence-corrected chi connectivity index (χ1v) is 0. The molecule has 0 unspecified atom stereocenters. The van der Waals surface area contributed by atoms with E-state index in [0.29, 0.717) is 0 Å². The summed E-state index contributed by atoms with van der Waals surface area (Å²) in [6, 6.07) is 0. The van der Waals surface area contributed by atoms with Gasteiger partial charge in [0, 0.05) is 74.1 Å². The number of hydrogen-bond acceptors (Lipinski definition) is 0. The van der Waals surface area contributed by atoms with Crippen molar-refractivity contribution in [3.05, 3.63) is 0 Å². The van der Waals surface area contributed by atoms with Crippen LogP contribution >= 0.6 is 0 Å². The molecule has 0 rings (SSSR count). The molecule has 5 heavy (non-hydrogen) atoms. The van der Waals surface area contributed by atoms with Crippen LogP contribution in [0.25, 0.3) is 0 Å². The van der Waals surface area contributed by atoms with Crippen LogP contribution in [0.2, 0.25) is 0 Å². The van der Waals surface area contributed by atoms with Crippen molar-refractivity contribution in [2.75, 3.05) is 0 Å². The van der Waals surface area contributed by atoms with Crippen molar-refractivity contribution in [1.29, 1.82) is 0 Å². The maximum Gasteiger partial charge on any atom is 0 e. The Morgan fingerprint density at radius 2 is 1.00 bits per heavy atom. The molecule has 32 valence electrons. The third-order valence-electron chi connectivity index (χ3n) is 0. The van der Waals surface area contributed by atoms with Gasteiger partial charge in [-0.1, -0.05) is 0 Å². The predicted molar refractivity (Wildman–Crippen MR) is 11.3 cm³/mol. The van der Waals surface area contributed by atoms with Crippen LogP contribution in [0.3, 0.4) is 0 Å². The van der Waals surface area contributed by atoms with Gasteiger partial charge < -0.3 is 0 Å². The van der Waals surface area contributed by atoms with E-state index in [1.54, 1.807) is 0 Å². The summed E-state index contributed by atoms with van der Waals surface area (Å²) >= 11 is 0. The average Bonchev–Trinajstić information content (AvgIpc) is 0. The van der Waals surface area contributed by atoms with Crippen LogP contribution < -0.4 is 0 Å². The summed E-state index contributed by atoms with van der Waals surface area (Å²) < 4.78 is 0. The van der Waals surface area contributed by atoms with E-state index in [2.05, 4.69) is 0 Å². The Morgan fingerprint density at radius 3 is 1.00 bits per heavy atom. The molecule has 0 heterocycles. The fourth-order valence-corrected chi connectivity index (χ4v) is 0. The Kier molecular flexibility index (Phi) is 311. The molecule has 0 atom stereocenters. The van der Waals surface area contributed by atoms with E-state index in [1.807, 2.05) is 0 Å². The largest absolute Gasteiger partial charge is 0.0149 e. The first-order chi connectivity index (χ1) is 0. The van der Waals surface area contributed by atoms with E-state index in [-0.39, 0.29) is 85.0 Å². The van der Waals surface area contributed by atoms with Gasteiger partial charge in [0.05, 0.1) is 0 Å². The maximum absolute atomic E-state index is 0. The molecule has 0 aromatic carbocycles. The van der Waals surface area contributed by atoms with Gasteiger partial charge in [-0.05, 0) is 11.0 Å². The van der Waals surface area contributed by atoms with Crippen LogP contribution in [0.5, 0.6) is 0 Å². The van der Waals surface area contributed by atoms with Gasteiger partial charge in [0.15, 0.2) is 0 Å². The van der Waals surface area contributed by atoms with Crippen LogP contribution in [-0.4, -0.2) is 11.0 Å². The van der Waals surface area contributed by atoms with Crippen molar-refractivity contribution in [2.24, 2.45) is 0 Å². The molecule has 0 saturated heterocycles. The maximum atomic E-state index is 0. The van der Waals surface area contributed by atoms with Crippen LogP contribution in [-0.2, 0) is 74.1 Å². The quantitative estimate of drug-likeness (QED) is 0.477. The van der Waals surface area contributed by atoms with Gasteiger partial charge >= 0.3 is 0 Å². The smallest absolute Gasteiger partial charge is 0 e. The second-order valence-corrected chi connectivity index (χ2v) is 0. The summed E-state index contributed by atoms with van der Waals surface area (Å²) in [6.07, 6.45) is 0. The van der Waals surface area contributed by atoms with E-state index in [0.717, 1.165) is 0 Å². The van der Waals surface area contributed by atoms with E-state index < -0.39 is 0 Å². The van der Waals surface area contributed by atoms with Crippen molar-refractivity contribution in [3.63, 3.8) is 0 Å². The van der Waals surface area contributed by atoms with Gasteiger partial charge in [-0.3, -0.25) is 0 Å². The molecule has 0 aliphatic carbocycles. The van der Waals surface area contributed by atoms with Crippen molar-refractivity contribution in [1.82, 2.24) is 0 Å². The number of hydrogen-bond donors (Lipinski definition) is 0. The van der Waals surface area contributed by atoms with Crippen molar-refractivity contribution in [3.8, 4) is 0 Å². The van der Waals surface area contributed by atoms with Crippen molar-refractivity contribution in [2.45, 2.75) is 0 Å². The minimum absolute atomic E-state index is 0. The SMILES string of the molecule is [Cr].[Mn].[Mo].[SiH4].[V]. The van der Waals surface area contributed by atoms with Crippen molar-refractivity contribution >= 4 is 11.0 Å². The summed E-state index contributed by atoms with van der Waals surface area (Å²) in [7, 11) is 0. The number of rotatable bonds is 0. The fourth-order valence-electron chi connectivity index (χ4n) is 0. The van der Waals surface area contributed by atoms with Gasteiger partial charge in [0.25, 0.3) is 0 Å². The topological polar surface area (TPSA) is 0 Å². The van der Waals surface area contributed by atoms with E-state index in [4.69, 9.17) is 0 Å². The van der Waals surface area contributed by atoms with Gasteiger partial charge in [-0.2, -0.15) is 0 Å². The first kappa shape index (κ1) is 50.0. The van der Waals surface area contributed by atoms with Gasteiger partial charge in [-0.25, -0.2) is 0 Å². The van der Waals surface area contributed by atoms with Gasteiger partial charge in [0.2, 0.25) is 0 Å². The average molecular weight is 286 g/mol. The molecule has 0 N–H and O–H groups in total. The van der Waals surface area contributed by atoms with Crippen LogP contribution in [0.15, 0.2) is 0 Å². The Morgan fingerprint density at radius 1 is 1.00 bits per heavy atom. The third kappa shape index (κ3) is 20.9. The molecule has 0 bridgehead atoms. The zero-order chi connectivity index (χ0) is 0. The molecule has 0 aromatic rings. The minimum Gasteiger partial charge on any atom is -0.0149 e. The summed E-state index contributed by atoms with van der Waals surface area (Å²) in [5.74, 6) is 0. The molecule has 0 fully saturated rings. The molecule has 0 amide bonds. The molecule has 0 nitrogen and oxygen atoms in total. The molecule has 5 heteroatoms. The van der Waals surface area contributed by atoms with E-state index in [1.165, 1.54) is 0 Å². The third-order valence-corrected chi connectivity index (χ3v) is 0. The first-order valence-electron chi connectivity index (χ1n) is 0. The van der Waals surface area contributed by atoms with Gasteiger partial charge in [0.1, 0.15) is 0 Å². The Balaban J connectivity index is 0. The van der Waals surface area contributed by atoms with Gasteiger partial charge in [-0.15, -0.1) is 0 Å². The normalized spacial score (nSPS) is 0. The van der Waals surface area contributed by atoms with E-state index in [9.17, 15) is 0 Å². The zero-order valence-electron chi connectivity index (χ0n) is 1.64. The molecule has 0 aromatic heterocycles. The molecule has 0 aliphatic rings. The Labute approximate surface area is 84.0 Å². The summed E-state index contributed by atoms with van der Waals surface area (Å²) in [5, 5.41) is 0. The van der Waals surface area contributed by atoms with E-state index >= 15 is 0 Å². The Hall–Kier alpha value is 2.54. The van der Waals surface area contributed by atoms with Crippen molar-refractivity contribution < 1.29 is 74.1 Å². The second kappa shape index (κ2) is 31.1. The summed E-state index contributed by atoms with van der Waals surface area (Å²) in [5.41, 5.74) is 0. The van der Waals surface area contributed by atoms with Crippen LogP contribution in [0, 0.1) is 0 Å². The summed E-state index contributed by atoms with van der Waals surface area (Å²) in [6.45, 7) is 0. The van der Waals surface area contributed by atoms with Crippen LogP contribution in [0.4, 0.5) is 0 Å². The molecule has 0 spiro atoms. The molecular weight excluding hydrogens is 282 g/mol. The molecule has 0 aliphatic heterocycles. The predicted octanol–water partition coefficient (Wildman–Crippen LogP) is -1.46. The summed E-state index contributed by atoms with van der Waals surface area (Å²) in [4.78, 5) is 0. The fraction of sp³-hybridized carbons (Fsp3) is 0.